The molecular weight excluding hydrogens is 705 g/mol. The fourth-order valence-corrected chi connectivity index (χ4v) is 10.2. The lowest BCUT2D eigenvalue weighted by molar-refractivity contribution is 0.332. The lowest BCUT2D eigenvalue weighted by Gasteiger charge is -2.42. The van der Waals surface area contributed by atoms with E-state index in [1.165, 1.54) is 77.4 Å². The summed E-state index contributed by atoms with van der Waals surface area (Å²) in [6.45, 7) is 9.73. The minimum atomic E-state index is 0.0598. The first kappa shape index (κ1) is 33.4. The van der Waals surface area contributed by atoms with E-state index in [9.17, 15) is 0 Å². The van der Waals surface area contributed by atoms with E-state index >= 15 is 0 Å². The molecule has 278 valence electrons. The van der Waals surface area contributed by atoms with E-state index in [0.717, 1.165) is 45.6 Å². The first-order chi connectivity index (χ1) is 28.2. The van der Waals surface area contributed by atoms with Crippen LogP contribution in [0.1, 0.15) is 51.7 Å². The summed E-state index contributed by atoms with van der Waals surface area (Å²) in [5, 5.41) is 9.89. The Bertz CT molecular complexity index is 3510. The molecule has 0 bridgehead atoms. The van der Waals surface area contributed by atoms with E-state index in [4.69, 9.17) is 9.97 Å². The molecule has 0 saturated carbocycles. The zero-order valence-electron chi connectivity index (χ0n) is 33.2. The summed E-state index contributed by atoms with van der Waals surface area (Å²) in [7, 11) is 0. The maximum atomic E-state index is 5.54. The van der Waals surface area contributed by atoms with Crippen LogP contribution in [0.4, 0.5) is 0 Å². The van der Waals surface area contributed by atoms with E-state index in [1.54, 1.807) is 0 Å². The third kappa shape index (κ3) is 4.69. The summed E-state index contributed by atoms with van der Waals surface area (Å²) in [5.41, 5.74) is 12.6. The molecule has 3 heterocycles. The van der Waals surface area contributed by atoms with Gasteiger partial charge in [0.25, 0.3) is 0 Å². The molecule has 4 nitrogen and oxygen atoms in total. The van der Waals surface area contributed by atoms with Crippen molar-refractivity contribution in [3.8, 4) is 22.8 Å². The molecule has 0 saturated heterocycles. The van der Waals surface area contributed by atoms with Gasteiger partial charge in [-0.15, -0.1) is 0 Å². The second-order valence-corrected chi connectivity index (χ2v) is 17.7. The van der Waals surface area contributed by atoms with Gasteiger partial charge in [0.05, 0.1) is 33.1 Å². The third-order valence-electron chi connectivity index (χ3n) is 13.3. The van der Waals surface area contributed by atoms with E-state index in [1.807, 2.05) is 6.07 Å². The molecule has 0 unspecified atom stereocenters. The van der Waals surface area contributed by atoms with Gasteiger partial charge in [-0.1, -0.05) is 125 Å². The van der Waals surface area contributed by atoms with Crippen LogP contribution in [0.5, 0.6) is 0 Å². The van der Waals surface area contributed by atoms with Crippen LogP contribution in [0.15, 0.2) is 158 Å². The monoisotopic (exact) mass is 746 g/mol. The molecule has 0 aliphatic heterocycles. The summed E-state index contributed by atoms with van der Waals surface area (Å²) in [4.78, 5) is 11.0. The van der Waals surface area contributed by atoms with Crippen molar-refractivity contribution in [3.05, 3.63) is 169 Å². The standard InChI is InChI=1S/C54H42N4/c1-53(2)28-29-54(3,4)41-32-47-39(31-40(41)53)49-44(57(47)37-17-6-5-7-18-37)26-27-46-50(49)48-38-19-11-10-15-34(38)24-25-45(48)58(46)52-51(55-42-20-12-13-21-43(42)56-52)36-23-22-33-14-8-9-16-35(33)30-36/h5-27,30-32H,28-29H2,1-4H3. The predicted octanol–water partition coefficient (Wildman–Crippen LogP) is 14.1. The van der Waals surface area contributed by atoms with Crippen LogP contribution in [0.25, 0.3) is 99.0 Å². The van der Waals surface area contributed by atoms with Crippen molar-refractivity contribution in [2.24, 2.45) is 0 Å². The van der Waals surface area contributed by atoms with Gasteiger partial charge in [0.15, 0.2) is 5.82 Å². The Labute approximate surface area is 337 Å². The number of benzene rings is 8. The van der Waals surface area contributed by atoms with Crippen LogP contribution in [-0.2, 0) is 10.8 Å². The van der Waals surface area contributed by atoms with Gasteiger partial charge in [-0.25, -0.2) is 9.97 Å². The number of hydrogen-bond donors (Lipinski definition) is 0. The van der Waals surface area contributed by atoms with Gasteiger partial charge in [-0.2, -0.15) is 0 Å². The maximum absolute atomic E-state index is 5.54. The van der Waals surface area contributed by atoms with E-state index in [0.29, 0.717) is 0 Å². The number of aromatic nitrogens is 4. The van der Waals surface area contributed by atoms with E-state index in [-0.39, 0.29) is 10.8 Å². The second kappa shape index (κ2) is 11.9. The molecule has 0 atom stereocenters. The van der Waals surface area contributed by atoms with E-state index < -0.39 is 0 Å². The second-order valence-electron chi connectivity index (χ2n) is 17.7. The fraction of sp³-hybridized carbons (Fsp3) is 0.148. The van der Waals surface area contributed by atoms with Crippen molar-refractivity contribution in [2.45, 2.75) is 51.4 Å². The number of fused-ring (bicyclic) bond motifs is 12. The van der Waals surface area contributed by atoms with Crippen molar-refractivity contribution in [1.29, 1.82) is 0 Å². The average Bonchev–Trinajstić information content (AvgIpc) is 3.77. The summed E-state index contributed by atoms with van der Waals surface area (Å²) < 4.78 is 4.91. The van der Waals surface area contributed by atoms with Crippen LogP contribution < -0.4 is 0 Å². The first-order valence-electron chi connectivity index (χ1n) is 20.6. The largest absolute Gasteiger partial charge is 0.309 e. The molecule has 0 N–H and O–H groups in total. The zero-order valence-corrected chi connectivity index (χ0v) is 33.2. The average molecular weight is 747 g/mol. The molecule has 12 rings (SSSR count). The van der Waals surface area contributed by atoms with Crippen molar-refractivity contribution in [2.75, 3.05) is 0 Å². The molecule has 11 aromatic rings. The number of rotatable bonds is 3. The molecular formula is C54H42N4. The van der Waals surface area contributed by atoms with Crippen molar-refractivity contribution in [1.82, 2.24) is 19.1 Å². The molecule has 0 fully saturated rings. The van der Waals surface area contributed by atoms with Gasteiger partial charge < -0.3 is 4.57 Å². The van der Waals surface area contributed by atoms with Gasteiger partial charge in [-0.05, 0) is 117 Å². The Morgan fingerprint density at radius 3 is 1.78 bits per heavy atom. The highest BCUT2D eigenvalue weighted by Gasteiger charge is 2.38. The number of nitrogens with zero attached hydrogens (tertiary/aromatic N) is 4. The van der Waals surface area contributed by atoms with E-state index in [2.05, 4.69) is 188 Å². The molecule has 58 heavy (non-hydrogen) atoms. The molecule has 3 aromatic heterocycles. The molecule has 0 radical (unpaired) electrons. The van der Waals surface area contributed by atoms with Crippen LogP contribution in [0, 0.1) is 0 Å². The lowest BCUT2D eigenvalue weighted by atomic mass is 9.63. The summed E-state index contributed by atoms with van der Waals surface area (Å²) in [6.07, 6.45) is 2.33. The van der Waals surface area contributed by atoms with Crippen LogP contribution in [-0.4, -0.2) is 19.1 Å². The Morgan fingerprint density at radius 1 is 0.431 bits per heavy atom. The number of para-hydroxylation sites is 3. The van der Waals surface area contributed by atoms with Crippen molar-refractivity contribution >= 4 is 76.2 Å². The van der Waals surface area contributed by atoms with Gasteiger partial charge in [0, 0.05) is 32.8 Å². The zero-order chi connectivity index (χ0) is 38.9. The molecule has 0 spiro atoms. The summed E-state index contributed by atoms with van der Waals surface area (Å²) in [5.74, 6) is 0.829. The van der Waals surface area contributed by atoms with Crippen molar-refractivity contribution in [3.63, 3.8) is 0 Å². The van der Waals surface area contributed by atoms with Gasteiger partial charge in [0.2, 0.25) is 0 Å². The third-order valence-corrected chi connectivity index (χ3v) is 13.3. The Balaban J connectivity index is 1.29. The quantitative estimate of drug-likeness (QED) is 0.180. The smallest absolute Gasteiger partial charge is 0.165 e. The molecule has 8 aromatic carbocycles. The SMILES string of the molecule is CC1(C)CCC(C)(C)c2cc3c(cc21)c1c2c4c5ccccc5ccc4n(-c4nc5ccccc5nc4-c4ccc5ccccc5c4)c2ccc1n3-c1ccccc1. The lowest BCUT2D eigenvalue weighted by Crippen LogP contribution is -2.33. The van der Waals surface area contributed by atoms with Gasteiger partial charge >= 0.3 is 0 Å². The Morgan fingerprint density at radius 2 is 1.00 bits per heavy atom. The molecule has 1 aliphatic carbocycles. The number of hydrogen-bond acceptors (Lipinski definition) is 2. The minimum Gasteiger partial charge on any atom is -0.309 e. The predicted molar refractivity (Wildman–Crippen MR) is 244 cm³/mol. The van der Waals surface area contributed by atoms with Crippen LogP contribution in [0.3, 0.4) is 0 Å². The molecule has 4 heteroatoms. The summed E-state index contributed by atoms with van der Waals surface area (Å²) in [6, 6.07) is 57.6. The highest BCUT2D eigenvalue weighted by atomic mass is 15.1. The van der Waals surface area contributed by atoms with Crippen LogP contribution >= 0.6 is 0 Å². The topological polar surface area (TPSA) is 35.6 Å². The van der Waals surface area contributed by atoms with Crippen molar-refractivity contribution < 1.29 is 0 Å². The Hall–Kier alpha value is -6.78. The van der Waals surface area contributed by atoms with Gasteiger partial charge in [-0.3, -0.25) is 4.57 Å². The Kier molecular flexibility index (Phi) is 6.83. The molecule has 0 amide bonds. The molecule has 1 aliphatic rings. The highest BCUT2D eigenvalue weighted by molar-refractivity contribution is 6.33. The normalized spacial score (nSPS) is 15.0. The summed E-state index contributed by atoms with van der Waals surface area (Å²) >= 11 is 0. The highest BCUT2D eigenvalue weighted by Crippen LogP contribution is 2.51. The first-order valence-corrected chi connectivity index (χ1v) is 20.6. The maximum Gasteiger partial charge on any atom is 0.165 e. The fourth-order valence-electron chi connectivity index (χ4n) is 10.2. The van der Waals surface area contributed by atoms with Crippen LogP contribution in [0.2, 0.25) is 0 Å². The van der Waals surface area contributed by atoms with Gasteiger partial charge in [0.1, 0.15) is 5.69 Å². The minimum absolute atomic E-state index is 0.0598.